The van der Waals surface area contributed by atoms with Gasteiger partial charge in [0.1, 0.15) is 0 Å². The van der Waals surface area contributed by atoms with E-state index in [4.69, 9.17) is 0 Å². The van der Waals surface area contributed by atoms with Crippen LogP contribution in [0.25, 0.3) is 10.9 Å². The van der Waals surface area contributed by atoms with Crippen LogP contribution in [0.15, 0.2) is 66.2 Å². The summed E-state index contributed by atoms with van der Waals surface area (Å²) in [5.41, 5.74) is 5.64. The highest BCUT2D eigenvalue weighted by Gasteiger charge is 2.28. The Hall–Kier alpha value is -2.65. The van der Waals surface area contributed by atoms with E-state index < -0.39 is 0 Å². The second-order valence-corrected chi connectivity index (χ2v) is 8.30. The van der Waals surface area contributed by atoms with Crippen molar-refractivity contribution >= 4 is 16.7 Å². The van der Waals surface area contributed by atoms with Crippen LogP contribution in [0.5, 0.6) is 0 Å². The van der Waals surface area contributed by atoms with Crippen molar-refractivity contribution in [2.75, 3.05) is 13.1 Å². The number of fused-ring (bicyclic) bond motifs is 3. The van der Waals surface area contributed by atoms with E-state index in [-0.39, 0.29) is 5.78 Å². The van der Waals surface area contributed by atoms with Gasteiger partial charge in [-0.15, -0.1) is 0 Å². The van der Waals surface area contributed by atoms with E-state index in [0.29, 0.717) is 5.92 Å². The van der Waals surface area contributed by atoms with Crippen molar-refractivity contribution in [2.24, 2.45) is 5.92 Å². The lowest BCUT2D eigenvalue weighted by atomic mass is 9.93. The first-order chi connectivity index (χ1) is 13.7. The lowest BCUT2D eigenvalue weighted by molar-refractivity contribution is 0.103. The molecule has 3 nitrogen and oxygen atoms in total. The molecule has 3 heterocycles. The normalized spacial score (nSPS) is 19.6. The molecule has 0 N–H and O–H groups in total. The van der Waals surface area contributed by atoms with Crippen LogP contribution in [0.4, 0.5) is 0 Å². The lowest BCUT2D eigenvalue weighted by Crippen LogP contribution is -2.32. The number of allylic oxidation sites excluding steroid dienone is 2. The van der Waals surface area contributed by atoms with Gasteiger partial charge in [-0.3, -0.25) is 9.69 Å². The molecular formula is C25H26N2O. The van der Waals surface area contributed by atoms with Crippen molar-refractivity contribution in [2.45, 2.75) is 32.9 Å². The van der Waals surface area contributed by atoms with Gasteiger partial charge in [-0.1, -0.05) is 48.0 Å². The highest BCUT2D eigenvalue weighted by atomic mass is 16.1. The second kappa shape index (κ2) is 7.06. The Morgan fingerprint density at radius 1 is 1.04 bits per heavy atom. The number of Topliss-reactive ketones (excluding diaryl/α,β-unsaturated/α-hetero) is 1. The van der Waals surface area contributed by atoms with E-state index in [9.17, 15) is 4.79 Å². The van der Waals surface area contributed by atoms with E-state index in [2.05, 4.69) is 77.1 Å². The van der Waals surface area contributed by atoms with Crippen molar-refractivity contribution in [1.82, 2.24) is 9.47 Å². The van der Waals surface area contributed by atoms with E-state index in [0.717, 1.165) is 50.3 Å². The first-order valence-electron chi connectivity index (χ1n) is 10.3. The number of rotatable bonds is 3. The molecule has 0 spiro atoms. The average molecular weight is 370 g/mol. The van der Waals surface area contributed by atoms with Crippen LogP contribution in [0, 0.1) is 12.8 Å². The van der Waals surface area contributed by atoms with Crippen LogP contribution >= 0.6 is 0 Å². The fourth-order valence-electron chi connectivity index (χ4n) is 4.69. The predicted molar refractivity (Wildman–Crippen MR) is 114 cm³/mol. The number of aromatic nitrogens is 1. The van der Waals surface area contributed by atoms with Crippen LogP contribution in [-0.2, 0) is 13.1 Å². The minimum Gasteiger partial charge on any atom is -0.333 e. The third-order valence-corrected chi connectivity index (χ3v) is 6.23. The summed E-state index contributed by atoms with van der Waals surface area (Å²) in [4.78, 5) is 15.5. The number of carbonyl (C=O) groups excluding carboxylic acids is 1. The van der Waals surface area contributed by atoms with Gasteiger partial charge in [0, 0.05) is 23.0 Å². The minimum absolute atomic E-state index is 0.223. The van der Waals surface area contributed by atoms with E-state index in [1.54, 1.807) is 0 Å². The molecule has 0 amide bonds. The van der Waals surface area contributed by atoms with Crippen molar-refractivity contribution in [3.05, 3.63) is 83.1 Å². The zero-order valence-electron chi connectivity index (χ0n) is 16.4. The molecule has 0 aliphatic carbocycles. The number of carbonyl (C=O) groups is 1. The van der Waals surface area contributed by atoms with Crippen molar-refractivity contribution in [3.63, 3.8) is 0 Å². The molecular weight excluding hydrogens is 344 g/mol. The van der Waals surface area contributed by atoms with E-state index in [1.807, 2.05) is 0 Å². The molecule has 3 heteroatoms. The number of nitrogens with zero attached hydrogens (tertiary/aromatic N) is 2. The second-order valence-electron chi connectivity index (χ2n) is 8.30. The van der Waals surface area contributed by atoms with Crippen LogP contribution in [0.3, 0.4) is 0 Å². The highest BCUT2D eigenvalue weighted by Crippen LogP contribution is 2.31. The molecule has 1 aromatic heterocycles. The van der Waals surface area contributed by atoms with Crippen molar-refractivity contribution < 1.29 is 4.79 Å². The molecule has 0 atom stereocenters. The van der Waals surface area contributed by atoms with Crippen molar-refractivity contribution in [1.29, 1.82) is 0 Å². The first kappa shape index (κ1) is 17.4. The fourth-order valence-corrected chi connectivity index (χ4v) is 4.69. The van der Waals surface area contributed by atoms with Crippen molar-refractivity contribution in [3.8, 4) is 0 Å². The van der Waals surface area contributed by atoms with Gasteiger partial charge < -0.3 is 4.57 Å². The fraction of sp³-hybridized carbons (Fsp3) is 0.320. The number of hydrogen-bond donors (Lipinski definition) is 0. The molecule has 0 radical (unpaired) electrons. The molecule has 2 aliphatic heterocycles. The quantitative estimate of drug-likeness (QED) is 0.607. The SMILES string of the molecule is Cc1ccc2c(c1)cc1n2C/C(=C/C2CCN(Cc3ccccc3)CC2)C1=O. The van der Waals surface area contributed by atoms with Crippen LogP contribution in [0.2, 0.25) is 0 Å². The standard InChI is InChI=1S/C25H26N2O/c1-18-7-8-23-21(13-18)15-24-25(28)22(17-27(23)24)14-19-9-11-26(12-10-19)16-20-5-3-2-4-6-20/h2-8,13-15,19H,9-12,16-17H2,1H3/b22-14-. The van der Waals surface area contributed by atoms with E-state index in [1.165, 1.54) is 22.0 Å². The van der Waals surface area contributed by atoms with Gasteiger partial charge in [-0.05, 0) is 62.5 Å². The number of hydrogen-bond acceptors (Lipinski definition) is 2. The van der Waals surface area contributed by atoms with Crippen LogP contribution in [-0.4, -0.2) is 28.3 Å². The Morgan fingerprint density at radius 2 is 1.82 bits per heavy atom. The first-order valence-corrected chi connectivity index (χ1v) is 10.3. The molecule has 1 saturated heterocycles. The largest absolute Gasteiger partial charge is 0.333 e. The maximum Gasteiger partial charge on any atom is 0.206 e. The molecule has 142 valence electrons. The smallest absolute Gasteiger partial charge is 0.206 e. The number of benzene rings is 2. The van der Waals surface area contributed by atoms with Gasteiger partial charge in [-0.25, -0.2) is 0 Å². The maximum absolute atomic E-state index is 12.9. The molecule has 5 rings (SSSR count). The van der Waals surface area contributed by atoms with Crippen LogP contribution < -0.4 is 0 Å². The summed E-state index contributed by atoms with van der Waals surface area (Å²) in [5, 5.41) is 1.18. The van der Waals surface area contributed by atoms with Gasteiger partial charge >= 0.3 is 0 Å². The summed E-state index contributed by atoms with van der Waals surface area (Å²) >= 11 is 0. The average Bonchev–Trinajstić information content (AvgIpc) is 3.20. The highest BCUT2D eigenvalue weighted by molar-refractivity contribution is 6.12. The molecule has 2 aliphatic rings. The molecule has 0 unspecified atom stereocenters. The van der Waals surface area contributed by atoms with E-state index >= 15 is 0 Å². The van der Waals surface area contributed by atoms with Gasteiger partial charge in [-0.2, -0.15) is 0 Å². The van der Waals surface area contributed by atoms with Gasteiger partial charge in [0.2, 0.25) is 5.78 Å². The number of likely N-dealkylation sites (tertiary alicyclic amines) is 1. The number of piperidine rings is 1. The summed E-state index contributed by atoms with van der Waals surface area (Å²) in [7, 11) is 0. The Bertz CT molecular complexity index is 1050. The molecule has 1 fully saturated rings. The molecule has 0 saturated carbocycles. The van der Waals surface area contributed by atoms with Gasteiger partial charge in [0.05, 0.1) is 12.2 Å². The Labute approximate surface area is 166 Å². The zero-order chi connectivity index (χ0) is 19.1. The minimum atomic E-state index is 0.223. The third-order valence-electron chi connectivity index (χ3n) is 6.23. The molecule has 3 aromatic rings. The van der Waals surface area contributed by atoms with Crippen LogP contribution in [0.1, 0.15) is 34.5 Å². The lowest BCUT2D eigenvalue weighted by Gasteiger charge is -2.30. The van der Waals surface area contributed by atoms with Gasteiger partial charge in [0.15, 0.2) is 0 Å². The summed E-state index contributed by atoms with van der Waals surface area (Å²) in [6, 6.07) is 19.2. The summed E-state index contributed by atoms with van der Waals surface area (Å²) < 4.78 is 2.19. The monoisotopic (exact) mass is 370 g/mol. The summed E-state index contributed by atoms with van der Waals surface area (Å²) in [6.07, 6.45) is 4.55. The summed E-state index contributed by atoms with van der Waals surface area (Å²) in [6.45, 7) is 6.06. The number of aryl methyl sites for hydroxylation is 1. The maximum atomic E-state index is 12.9. The predicted octanol–water partition coefficient (Wildman–Crippen LogP) is 4.98. The van der Waals surface area contributed by atoms with Gasteiger partial charge in [0.25, 0.3) is 0 Å². The summed E-state index contributed by atoms with van der Waals surface area (Å²) in [5.74, 6) is 0.740. The molecule has 0 bridgehead atoms. The Kier molecular flexibility index (Phi) is 4.40. The topological polar surface area (TPSA) is 25.2 Å². The molecule has 28 heavy (non-hydrogen) atoms. The molecule has 2 aromatic carbocycles. The number of ketones is 1. The Balaban J connectivity index is 1.26. The Morgan fingerprint density at radius 3 is 2.61 bits per heavy atom. The zero-order valence-corrected chi connectivity index (χ0v) is 16.4. The third kappa shape index (κ3) is 3.20.